The number of nitrogens with two attached hydrogens (primary N) is 1. The van der Waals surface area contributed by atoms with E-state index >= 15 is 0 Å². The molecule has 0 amide bonds. The zero-order valence-corrected chi connectivity index (χ0v) is 20.9. The molecule has 0 aliphatic carbocycles. The van der Waals surface area contributed by atoms with E-state index in [9.17, 15) is 5.11 Å². The molecule has 0 radical (unpaired) electrons. The topological polar surface area (TPSA) is 108 Å². The van der Waals surface area contributed by atoms with E-state index in [2.05, 4.69) is 41.7 Å². The number of phenolic OH excluding ortho intramolecular Hbond substituents is 1. The normalized spacial score (nSPS) is 21.5. The molecule has 3 aromatic rings. The van der Waals surface area contributed by atoms with Gasteiger partial charge in [0.1, 0.15) is 11.6 Å². The van der Waals surface area contributed by atoms with Crippen molar-refractivity contribution in [3.8, 4) is 28.8 Å². The molecule has 2 bridgehead atoms. The summed E-state index contributed by atoms with van der Waals surface area (Å²) in [4.78, 5) is 16.4. The molecule has 0 saturated carbocycles. The van der Waals surface area contributed by atoms with Crippen LogP contribution in [0.25, 0.3) is 11.3 Å². The Labute approximate surface area is 217 Å². The van der Waals surface area contributed by atoms with Crippen molar-refractivity contribution < 1.29 is 5.11 Å². The minimum atomic E-state index is 0.177. The number of nitrogen functional groups attached to an aromatic ring is 1. The number of likely N-dealkylation sites (tertiary alicyclic amines) is 1. The minimum Gasteiger partial charge on any atom is -0.507 e. The first-order valence-electron chi connectivity index (χ1n) is 13.1. The standard InChI is InChI=1S/C28H32N8O/c29-28-24(17-23(32-33-28)22-7-2-3-8-25(22)37)35-18-20-10-11-21(19-35)36(20)27-12-13-30-26(31-27)9-6-16-34-14-4-1-5-15-34/h2-3,7-8,12-13,17,20-21,37H,1,4-5,10-11,14-16,18-19H2,(H2,29,33)/t20-,21+. The van der Waals surface area contributed by atoms with Gasteiger partial charge < -0.3 is 20.6 Å². The van der Waals surface area contributed by atoms with Crippen LogP contribution in [0.1, 0.15) is 37.9 Å². The fourth-order valence-corrected chi connectivity index (χ4v) is 5.84. The van der Waals surface area contributed by atoms with Crippen LogP contribution in [-0.2, 0) is 0 Å². The minimum absolute atomic E-state index is 0.177. The summed E-state index contributed by atoms with van der Waals surface area (Å²) in [5.41, 5.74) is 8.40. The quantitative estimate of drug-likeness (QED) is 0.527. The maximum atomic E-state index is 10.3. The highest BCUT2D eigenvalue weighted by Crippen LogP contribution is 2.38. The van der Waals surface area contributed by atoms with Crippen LogP contribution in [0.5, 0.6) is 5.75 Å². The van der Waals surface area contributed by atoms with Crippen molar-refractivity contribution in [3.63, 3.8) is 0 Å². The van der Waals surface area contributed by atoms with Crippen molar-refractivity contribution in [2.75, 3.05) is 48.3 Å². The molecular weight excluding hydrogens is 464 g/mol. The number of hydrogen-bond donors (Lipinski definition) is 2. The van der Waals surface area contributed by atoms with Gasteiger partial charge in [-0.3, -0.25) is 4.90 Å². The summed E-state index contributed by atoms with van der Waals surface area (Å²) in [6.45, 7) is 4.67. The van der Waals surface area contributed by atoms with E-state index in [0.717, 1.165) is 57.1 Å². The van der Waals surface area contributed by atoms with Gasteiger partial charge in [-0.2, -0.15) is 0 Å². The first-order valence-corrected chi connectivity index (χ1v) is 13.1. The van der Waals surface area contributed by atoms with Gasteiger partial charge in [0.25, 0.3) is 0 Å². The zero-order chi connectivity index (χ0) is 25.2. The third kappa shape index (κ3) is 4.89. The molecule has 0 unspecified atom stereocenters. The predicted octanol–water partition coefficient (Wildman–Crippen LogP) is 2.92. The molecule has 3 saturated heterocycles. The maximum absolute atomic E-state index is 10.3. The lowest BCUT2D eigenvalue weighted by Crippen LogP contribution is -2.54. The summed E-state index contributed by atoms with van der Waals surface area (Å²) < 4.78 is 0. The van der Waals surface area contributed by atoms with Crippen molar-refractivity contribution in [1.82, 2.24) is 25.1 Å². The van der Waals surface area contributed by atoms with Gasteiger partial charge in [0.15, 0.2) is 5.82 Å². The lowest BCUT2D eigenvalue weighted by atomic mass is 10.1. The number of piperazine rings is 1. The summed E-state index contributed by atoms with van der Waals surface area (Å²) in [6.07, 6.45) is 7.85. The smallest absolute Gasteiger partial charge is 0.206 e. The molecule has 0 spiro atoms. The van der Waals surface area contributed by atoms with Gasteiger partial charge in [0.2, 0.25) is 5.82 Å². The Kier molecular flexibility index (Phi) is 6.49. The molecule has 190 valence electrons. The van der Waals surface area contributed by atoms with Gasteiger partial charge in [0, 0.05) is 36.9 Å². The predicted molar refractivity (Wildman–Crippen MR) is 144 cm³/mol. The van der Waals surface area contributed by atoms with E-state index in [1.807, 2.05) is 30.5 Å². The highest BCUT2D eigenvalue weighted by Gasteiger charge is 2.41. The Hall–Kier alpha value is -3.90. The number of anilines is 3. The van der Waals surface area contributed by atoms with Gasteiger partial charge in [0.05, 0.1) is 17.9 Å². The van der Waals surface area contributed by atoms with Crippen molar-refractivity contribution in [2.24, 2.45) is 0 Å². The van der Waals surface area contributed by atoms with Crippen LogP contribution in [-0.4, -0.2) is 75.0 Å². The first kappa shape index (κ1) is 23.5. The monoisotopic (exact) mass is 496 g/mol. The average molecular weight is 497 g/mol. The lowest BCUT2D eigenvalue weighted by molar-refractivity contribution is 0.255. The van der Waals surface area contributed by atoms with Gasteiger partial charge in [-0.1, -0.05) is 24.5 Å². The zero-order valence-electron chi connectivity index (χ0n) is 20.9. The number of aromatic nitrogens is 4. The number of piperidine rings is 1. The molecule has 6 rings (SSSR count). The second-order valence-electron chi connectivity index (χ2n) is 10.1. The molecule has 9 nitrogen and oxygen atoms in total. The van der Waals surface area contributed by atoms with Crippen LogP contribution < -0.4 is 15.5 Å². The maximum Gasteiger partial charge on any atom is 0.206 e. The number of hydrogen-bond acceptors (Lipinski definition) is 9. The highest BCUT2D eigenvalue weighted by molar-refractivity contribution is 5.74. The molecule has 9 heteroatoms. The lowest BCUT2D eigenvalue weighted by Gasteiger charge is -2.42. The van der Waals surface area contributed by atoms with Crippen LogP contribution in [0.15, 0.2) is 42.6 Å². The van der Waals surface area contributed by atoms with E-state index in [0.29, 0.717) is 35.0 Å². The Bertz CT molecular complexity index is 1310. The second kappa shape index (κ2) is 10.2. The van der Waals surface area contributed by atoms with Crippen molar-refractivity contribution in [3.05, 3.63) is 48.4 Å². The van der Waals surface area contributed by atoms with Crippen LogP contribution >= 0.6 is 0 Å². The summed E-state index contributed by atoms with van der Waals surface area (Å²) in [6, 6.07) is 11.7. The summed E-state index contributed by atoms with van der Waals surface area (Å²) in [5, 5.41) is 18.7. The van der Waals surface area contributed by atoms with E-state index in [-0.39, 0.29) is 5.75 Å². The van der Waals surface area contributed by atoms with Crippen LogP contribution in [0.4, 0.5) is 17.3 Å². The average Bonchev–Trinajstić information content (AvgIpc) is 3.19. The summed E-state index contributed by atoms with van der Waals surface area (Å²) in [7, 11) is 0. The Morgan fingerprint density at radius 2 is 1.78 bits per heavy atom. The van der Waals surface area contributed by atoms with Crippen LogP contribution in [0.2, 0.25) is 0 Å². The molecule has 5 heterocycles. The van der Waals surface area contributed by atoms with Crippen molar-refractivity contribution >= 4 is 17.3 Å². The van der Waals surface area contributed by atoms with Gasteiger partial charge in [-0.05, 0) is 69.0 Å². The van der Waals surface area contributed by atoms with E-state index in [1.165, 1.54) is 19.3 Å². The second-order valence-corrected chi connectivity index (χ2v) is 10.1. The molecule has 2 atom stereocenters. The van der Waals surface area contributed by atoms with Crippen LogP contribution in [0.3, 0.4) is 0 Å². The van der Waals surface area contributed by atoms with Gasteiger partial charge in [-0.25, -0.2) is 9.97 Å². The fourth-order valence-electron chi connectivity index (χ4n) is 5.84. The number of aromatic hydroxyl groups is 1. The van der Waals surface area contributed by atoms with Gasteiger partial charge >= 0.3 is 0 Å². The molecular formula is C28H32N8O. The Morgan fingerprint density at radius 1 is 1.00 bits per heavy atom. The number of nitrogens with zero attached hydrogens (tertiary/aromatic N) is 7. The van der Waals surface area contributed by atoms with Gasteiger partial charge in [-0.15, -0.1) is 10.2 Å². The first-order chi connectivity index (χ1) is 18.2. The molecule has 3 aliphatic heterocycles. The largest absolute Gasteiger partial charge is 0.507 e. The molecule has 37 heavy (non-hydrogen) atoms. The molecule has 1 aromatic carbocycles. The number of rotatable bonds is 4. The molecule has 3 fully saturated rings. The number of para-hydroxylation sites is 1. The molecule has 3 N–H and O–H groups in total. The van der Waals surface area contributed by atoms with Crippen molar-refractivity contribution in [1.29, 1.82) is 0 Å². The number of fused-ring (bicyclic) bond motifs is 2. The van der Waals surface area contributed by atoms with Crippen molar-refractivity contribution in [2.45, 2.75) is 44.2 Å². The Balaban J connectivity index is 1.19. The summed E-state index contributed by atoms with van der Waals surface area (Å²) in [5.74, 6) is 8.58. The molecule has 3 aliphatic rings. The van der Waals surface area contributed by atoms with E-state index < -0.39 is 0 Å². The highest BCUT2D eigenvalue weighted by atomic mass is 16.3. The SMILES string of the molecule is Nc1nnc(-c2ccccc2O)cc1N1C[C@H]2CC[C@@H](C1)N2c1ccnc(C#CCN2CCCCC2)n1. The molecule has 2 aromatic heterocycles. The van der Waals surface area contributed by atoms with E-state index in [1.54, 1.807) is 12.1 Å². The third-order valence-electron chi connectivity index (χ3n) is 7.66. The number of benzene rings is 1. The number of phenols is 1. The van der Waals surface area contributed by atoms with E-state index in [4.69, 9.17) is 10.7 Å². The van der Waals surface area contributed by atoms with Crippen LogP contribution in [0, 0.1) is 11.8 Å². The summed E-state index contributed by atoms with van der Waals surface area (Å²) >= 11 is 0. The third-order valence-corrected chi connectivity index (χ3v) is 7.66. The fraction of sp³-hybridized carbons (Fsp3) is 0.429. The Morgan fingerprint density at radius 3 is 2.57 bits per heavy atom.